The van der Waals surface area contributed by atoms with Crippen LogP contribution in [0.25, 0.3) is 6.08 Å². The number of nitrogens with zero attached hydrogens (tertiary/aromatic N) is 1. The van der Waals surface area contributed by atoms with Crippen LogP contribution in [0.5, 0.6) is 11.5 Å². The van der Waals surface area contributed by atoms with Crippen LogP contribution in [-0.4, -0.2) is 19.1 Å². The summed E-state index contributed by atoms with van der Waals surface area (Å²) in [5.41, 5.74) is 3.49. The Morgan fingerprint density at radius 3 is 2.48 bits per heavy atom. The molecule has 0 aromatic heterocycles. The lowest BCUT2D eigenvalue weighted by Gasteiger charge is -2.13. The maximum Gasteiger partial charge on any atom is 0.266 e. The number of rotatable bonds is 13. The lowest BCUT2D eigenvalue weighted by molar-refractivity contribution is -0.112. The molecule has 33 heavy (non-hydrogen) atoms. The van der Waals surface area contributed by atoms with Crippen LogP contribution in [-0.2, 0) is 4.79 Å². The van der Waals surface area contributed by atoms with E-state index in [2.05, 4.69) is 12.2 Å². The van der Waals surface area contributed by atoms with E-state index in [1.165, 1.54) is 25.7 Å². The highest BCUT2D eigenvalue weighted by Gasteiger charge is 2.13. The topological polar surface area (TPSA) is 71.3 Å². The monoisotopic (exact) mass is 448 g/mol. The Morgan fingerprint density at radius 1 is 1.00 bits per heavy atom. The normalized spacial score (nSPS) is 11.1. The molecule has 0 heterocycles. The van der Waals surface area contributed by atoms with Crippen LogP contribution in [0.2, 0.25) is 0 Å². The van der Waals surface area contributed by atoms with Gasteiger partial charge in [0.15, 0.2) is 11.5 Å². The number of unbranched alkanes of at least 4 members (excludes halogenated alkanes) is 5. The van der Waals surface area contributed by atoms with Crippen molar-refractivity contribution in [2.45, 2.75) is 66.2 Å². The molecule has 0 spiro atoms. The number of amides is 1. The van der Waals surface area contributed by atoms with Gasteiger partial charge in [0.1, 0.15) is 11.6 Å². The molecule has 0 bridgehead atoms. The molecule has 2 rings (SSSR count). The van der Waals surface area contributed by atoms with Crippen LogP contribution in [0.15, 0.2) is 42.0 Å². The third-order valence-electron chi connectivity index (χ3n) is 5.55. The second-order valence-electron chi connectivity index (χ2n) is 8.13. The molecule has 1 amide bonds. The van der Waals surface area contributed by atoms with E-state index in [4.69, 9.17) is 9.47 Å². The van der Waals surface area contributed by atoms with E-state index >= 15 is 0 Å². The number of hydrogen-bond donors (Lipinski definition) is 1. The Kier molecular flexibility index (Phi) is 11.0. The van der Waals surface area contributed by atoms with Crippen molar-refractivity contribution in [1.82, 2.24) is 0 Å². The highest BCUT2D eigenvalue weighted by atomic mass is 16.5. The molecule has 0 radical (unpaired) electrons. The van der Waals surface area contributed by atoms with Crippen LogP contribution in [0.4, 0.5) is 5.69 Å². The van der Waals surface area contributed by atoms with Gasteiger partial charge >= 0.3 is 0 Å². The highest BCUT2D eigenvalue weighted by molar-refractivity contribution is 6.10. The first-order valence-electron chi connectivity index (χ1n) is 11.9. The van der Waals surface area contributed by atoms with Gasteiger partial charge in [-0.25, -0.2) is 0 Å². The molecular weight excluding hydrogens is 412 g/mol. The fraction of sp³-hybridized carbons (Fsp3) is 0.429. The van der Waals surface area contributed by atoms with E-state index in [1.54, 1.807) is 6.08 Å². The van der Waals surface area contributed by atoms with Gasteiger partial charge in [-0.05, 0) is 68.2 Å². The third-order valence-corrected chi connectivity index (χ3v) is 5.55. The second-order valence-corrected chi connectivity index (χ2v) is 8.13. The van der Waals surface area contributed by atoms with Gasteiger partial charge in [-0.1, -0.05) is 57.2 Å². The zero-order chi connectivity index (χ0) is 24.1. The predicted molar refractivity (Wildman–Crippen MR) is 135 cm³/mol. The standard InChI is InChI=1S/C28H36N2O3/c1-5-7-8-9-10-11-17-33-26-16-15-23(19-27(26)32-6-2)18-24(20-29)28(31)30-25-14-12-13-21(3)22(25)4/h12-16,18-19H,5-11,17H2,1-4H3,(H,30,31)/b24-18-. The van der Waals surface area contributed by atoms with E-state index in [0.717, 1.165) is 24.0 Å². The van der Waals surface area contributed by atoms with Crippen LogP contribution in [0.1, 0.15) is 69.1 Å². The summed E-state index contributed by atoms with van der Waals surface area (Å²) in [6.45, 7) is 9.20. The van der Waals surface area contributed by atoms with Crippen molar-refractivity contribution < 1.29 is 14.3 Å². The molecule has 0 aliphatic carbocycles. The number of nitriles is 1. The summed E-state index contributed by atoms with van der Waals surface area (Å²) >= 11 is 0. The van der Waals surface area contributed by atoms with Crippen LogP contribution in [0, 0.1) is 25.2 Å². The maximum atomic E-state index is 12.7. The van der Waals surface area contributed by atoms with Gasteiger partial charge in [0.05, 0.1) is 13.2 Å². The summed E-state index contributed by atoms with van der Waals surface area (Å²) in [6.07, 6.45) is 8.79. The van der Waals surface area contributed by atoms with Gasteiger partial charge in [-0.15, -0.1) is 0 Å². The smallest absolute Gasteiger partial charge is 0.266 e. The first-order chi connectivity index (χ1) is 16.0. The average molecular weight is 449 g/mol. The molecule has 5 heteroatoms. The molecule has 0 saturated heterocycles. The van der Waals surface area contributed by atoms with E-state index in [9.17, 15) is 10.1 Å². The zero-order valence-corrected chi connectivity index (χ0v) is 20.4. The molecule has 176 valence electrons. The van der Waals surface area contributed by atoms with Crippen molar-refractivity contribution in [3.63, 3.8) is 0 Å². The Bertz CT molecular complexity index is 989. The molecule has 0 unspecified atom stereocenters. The number of hydrogen-bond acceptors (Lipinski definition) is 4. The van der Waals surface area contributed by atoms with Crippen LogP contribution < -0.4 is 14.8 Å². The maximum absolute atomic E-state index is 12.7. The van der Waals surface area contributed by atoms with Gasteiger partial charge in [0, 0.05) is 5.69 Å². The van der Waals surface area contributed by atoms with Gasteiger partial charge < -0.3 is 14.8 Å². The first-order valence-corrected chi connectivity index (χ1v) is 11.9. The van der Waals surface area contributed by atoms with Crippen molar-refractivity contribution >= 4 is 17.7 Å². The molecule has 0 atom stereocenters. The van der Waals surface area contributed by atoms with Gasteiger partial charge in [-0.2, -0.15) is 5.26 Å². The lowest BCUT2D eigenvalue weighted by atomic mass is 10.1. The molecule has 2 aromatic rings. The summed E-state index contributed by atoms with van der Waals surface area (Å²) in [7, 11) is 0. The second kappa shape index (κ2) is 14.0. The SMILES string of the molecule is CCCCCCCCOc1ccc(/C=C(/C#N)C(=O)Nc2cccc(C)c2C)cc1OCC. The number of carbonyl (C=O) groups is 1. The molecule has 0 aliphatic heterocycles. The largest absolute Gasteiger partial charge is 0.490 e. The van der Waals surface area contributed by atoms with Gasteiger partial charge in [0.2, 0.25) is 0 Å². The molecule has 2 aromatic carbocycles. The quantitative estimate of drug-likeness (QED) is 0.204. The van der Waals surface area contributed by atoms with Gasteiger partial charge in [0.25, 0.3) is 5.91 Å². The number of anilines is 1. The minimum Gasteiger partial charge on any atom is -0.490 e. The van der Waals surface area contributed by atoms with Gasteiger partial charge in [-0.3, -0.25) is 4.79 Å². The van der Waals surface area contributed by atoms with Crippen molar-refractivity contribution in [2.75, 3.05) is 18.5 Å². The molecule has 1 N–H and O–H groups in total. The summed E-state index contributed by atoms with van der Waals surface area (Å²) in [6, 6.07) is 13.2. The van der Waals surface area contributed by atoms with Crippen molar-refractivity contribution in [3.8, 4) is 17.6 Å². The average Bonchev–Trinajstić information content (AvgIpc) is 2.81. The van der Waals surface area contributed by atoms with Crippen molar-refractivity contribution in [1.29, 1.82) is 5.26 Å². The number of ether oxygens (including phenoxy) is 2. The molecule has 0 saturated carbocycles. The summed E-state index contributed by atoms with van der Waals surface area (Å²) < 4.78 is 11.7. The van der Waals surface area contributed by atoms with E-state index < -0.39 is 5.91 Å². The Labute approximate surface area is 198 Å². The lowest BCUT2D eigenvalue weighted by Crippen LogP contribution is -2.14. The minimum atomic E-state index is -0.437. The third kappa shape index (κ3) is 8.31. The van der Waals surface area contributed by atoms with Crippen molar-refractivity contribution in [2.24, 2.45) is 0 Å². The fourth-order valence-electron chi connectivity index (χ4n) is 3.46. The minimum absolute atomic E-state index is 0.0269. The Morgan fingerprint density at radius 2 is 1.76 bits per heavy atom. The number of benzene rings is 2. The Balaban J connectivity index is 2.08. The van der Waals surface area contributed by atoms with E-state index in [0.29, 0.717) is 36.0 Å². The highest BCUT2D eigenvalue weighted by Crippen LogP contribution is 2.30. The van der Waals surface area contributed by atoms with Crippen LogP contribution in [0.3, 0.4) is 0 Å². The van der Waals surface area contributed by atoms with Crippen LogP contribution >= 0.6 is 0 Å². The number of nitrogens with one attached hydrogen (secondary N) is 1. The number of aryl methyl sites for hydroxylation is 1. The predicted octanol–water partition coefficient (Wildman–Crippen LogP) is 6.99. The summed E-state index contributed by atoms with van der Waals surface area (Å²) in [5.74, 6) is 0.859. The number of carbonyl (C=O) groups excluding carboxylic acids is 1. The fourth-order valence-corrected chi connectivity index (χ4v) is 3.46. The Hall–Kier alpha value is -3.26. The zero-order valence-electron chi connectivity index (χ0n) is 20.4. The summed E-state index contributed by atoms with van der Waals surface area (Å²) in [4.78, 5) is 12.7. The first kappa shape index (κ1) is 26.0. The molecular formula is C28H36N2O3. The molecule has 5 nitrogen and oxygen atoms in total. The van der Waals surface area contributed by atoms with E-state index in [-0.39, 0.29) is 5.57 Å². The molecule has 0 aliphatic rings. The van der Waals surface area contributed by atoms with Crippen molar-refractivity contribution in [3.05, 3.63) is 58.7 Å². The molecule has 0 fully saturated rings. The van der Waals surface area contributed by atoms with E-state index in [1.807, 2.05) is 63.2 Å². The summed E-state index contributed by atoms with van der Waals surface area (Å²) in [5, 5.41) is 12.4.